The lowest BCUT2D eigenvalue weighted by molar-refractivity contribution is 0.133. The second kappa shape index (κ2) is 7.41. The first-order valence-corrected chi connectivity index (χ1v) is 7.66. The Morgan fingerprint density at radius 3 is 2.57 bits per heavy atom. The second-order valence-electron chi connectivity index (χ2n) is 5.92. The van der Waals surface area contributed by atoms with E-state index in [4.69, 9.17) is 0 Å². The molecule has 2 rings (SSSR count). The summed E-state index contributed by atoms with van der Waals surface area (Å²) < 4.78 is 0. The molecule has 21 heavy (non-hydrogen) atoms. The number of pyridine rings is 1. The van der Waals surface area contributed by atoms with E-state index in [1.165, 1.54) is 0 Å². The van der Waals surface area contributed by atoms with Crippen molar-refractivity contribution in [3.05, 3.63) is 30.1 Å². The van der Waals surface area contributed by atoms with Gasteiger partial charge in [0.15, 0.2) is 0 Å². The Labute approximate surface area is 126 Å². The van der Waals surface area contributed by atoms with Crippen LogP contribution in [-0.2, 0) is 0 Å². The molecule has 1 heterocycles. The summed E-state index contributed by atoms with van der Waals surface area (Å²) in [6.45, 7) is 2.24. The third-order valence-electron chi connectivity index (χ3n) is 4.49. The lowest BCUT2D eigenvalue weighted by Gasteiger charge is -2.34. The molecule has 1 unspecified atom stereocenters. The van der Waals surface area contributed by atoms with E-state index >= 15 is 0 Å². The number of amides is 2. The van der Waals surface area contributed by atoms with E-state index in [1.54, 1.807) is 12.4 Å². The standard InChI is InChI=1S/C16H25N3O2/c1-12(14-7-9-17-10-8-14)18-16(21)19(2)15-5-3-13(11-20)4-6-15/h7-10,12-13,15,20H,3-6,11H2,1-2H3,(H,18,21). The van der Waals surface area contributed by atoms with Crippen molar-refractivity contribution in [2.24, 2.45) is 5.92 Å². The number of rotatable bonds is 4. The predicted octanol–water partition coefficient (Wildman–Crippen LogP) is 2.34. The molecule has 5 nitrogen and oxygen atoms in total. The van der Waals surface area contributed by atoms with Crippen LogP contribution in [0.4, 0.5) is 4.79 Å². The maximum absolute atomic E-state index is 12.3. The molecular weight excluding hydrogens is 266 g/mol. The van der Waals surface area contributed by atoms with Gasteiger partial charge in [-0.1, -0.05) is 0 Å². The van der Waals surface area contributed by atoms with Gasteiger partial charge in [-0.2, -0.15) is 0 Å². The van der Waals surface area contributed by atoms with Gasteiger partial charge in [0.2, 0.25) is 0 Å². The van der Waals surface area contributed by atoms with Crippen LogP contribution in [0.5, 0.6) is 0 Å². The summed E-state index contributed by atoms with van der Waals surface area (Å²) in [5, 5.41) is 12.2. The first-order valence-electron chi connectivity index (χ1n) is 7.66. The van der Waals surface area contributed by atoms with Crippen molar-refractivity contribution < 1.29 is 9.90 Å². The number of nitrogens with one attached hydrogen (secondary N) is 1. The number of urea groups is 1. The van der Waals surface area contributed by atoms with Crippen LogP contribution in [0.1, 0.15) is 44.2 Å². The van der Waals surface area contributed by atoms with Crippen LogP contribution in [0.3, 0.4) is 0 Å². The van der Waals surface area contributed by atoms with E-state index in [0.717, 1.165) is 31.2 Å². The summed E-state index contributed by atoms with van der Waals surface area (Å²) in [5.74, 6) is 0.411. The van der Waals surface area contributed by atoms with E-state index in [0.29, 0.717) is 5.92 Å². The highest BCUT2D eigenvalue weighted by Gasteiger charge is 2.26. The molecule has 1 aliphatic rings. The first kappa shape index (κ1) is 15.8. The normalized spacial score (nSPS) is 23.4. The molecule has 0 saturated heterocycles. The van der Waals surface area contributed by atoms with Gasteiger partial charge < -0.3 is 15.3 Å². The van der Waals surface area contributed by atoms with Crippen LogP contribution in [0.25, 0.3) is 0 Å². The van der Waals surface area contributed by atoms with Crippen molar-refractivity contribution >= 4 is 6.03 Å². The van der Waals surface area contributed by atoms with E-state index in [1.807, 2.05) is 31.0 Å². The summed E-state index contributed by atoms with van der Waals surface area (Å²) in [4.78, 5) is 18.1. The topological polar surface area (TPSA) is 65.5 Å². The average Bonchev–Trinajstić information content (AvgIpc) is 2.55. The van der Waals surface area contributed by atoms with Gasteiger partial charge in [0.1, 0.15) is 0 Å². The fourth-order valence-corrected chi connectivity index (χ4v) is 2.90. The molecule has 0 spiro atoms. The van der Waals surface area contributed by atoms with E-state index in [-0.39, 0.29) is 24.7 Å². The van der Waals surface area contributed by atoms with Crippen LogP contribution < -0.4 is 5.32 Å². The van der Waals surface area contributed by atoms with Gasteiger partial charge in [-0.05, 0) is 56.2 Å². The van der Waals surface area contributed by atoms with Gasteiger partial charge in [0.05, 0.1) is 6.04 Å². The summed E-state index contributed by atoms with van der Waals surface area (Å²) in [6.07, 6.45) is 7.41. The van der Waals surface area contributed by atoms with Crippen molar-refractivity contribution in [1.82, 2.24) is 15.2 Å². The molecule has 0 bridgehead atoms. The minimum absolute atomic E-state index is 0.0308. The maximum atomic E-state index is 12.3. The average molecular weight is 291 g/mol. The summed E-state index contributed by atoms with van der Waals surface area (Å²) >= 11 is 0. The van der Waals surface area contributed by atoms with Gasteiger partial charge in [0, 0.05) is 32.1 Å². The van der Waals surface area contributed by atoms with Crippen LogP contribution in [0.2, 0.25) is 0 Å². The first-order chi connectivity index (χ1) is 10.1. The molecule has 0 radical (unpaired) electrons. The van der Waals surface area contributed by atoms with Crippen molar-refractivity contribution in [3.8, 4) is 0 Å². The lowest BCUT2D eigenvalue weighted by atomic mass is 9.86. The Bertz CT molecular complexity index is 444. The number of aromatic nitrogens is 1. The number of hydrogen-bond acceptors (Lipinski definition) is 3. The van der Waals surface area contributed by atoms with Gasteiger partial charge in [-0.25, -0.2) is 4.79 Å². The predicted molar refractivity (Wildman–Crippen MR) is 81.8 cm³/mol. The maximum Gasteiger partial charge on any atom is 0.317 e. The molecule has 5 heteroatoms. The van der Waals surface area contributed by atoms with E-state index < -0.39 is 0 Å². The van der Waals surface area contributed by atoms with Gasteiger partial charge in [0.25, 0.3) is 0 Å². The zero-order chi connectivity index (χ0) is 15.2. The molecule has 116 valence electrons. The monoisotopic (exact) mass is 291 g/mol. The number of hydrogen-bond donors (Lipinski definition) is 2. The molecule has 0 aliphatic heterocycles. The Morgan fingerprint density at radius 1 is 1.38 bits per heavy atom. The van der Waals surface area contributed by atoms with Crippen molar-refractivity contribution in [3.63, 3.8) is 0 Å². The third kappa shape index (κ3) is 4.17. The number of carbonyl (C=O) groups excluding carboxylic acids is 1. The zero-order valence-electron chi connectivity index (χ0n) is 12.8. The Morgan fingerprint density at radius 2 is 2.00 bits per heavy atom. The summed E-state index contributed by atoms with van der Waals surface area (Å²) in [6, 6.07) is 4.04. The van der Waals surface area contributed by atoms with Crippen LogP contribution in [0.15, 0.2) is 24.5 Å². The summed E-state index contributed by atoms with van der Waals surface area (Å²) in [5.41, 5.74) is 1.05. The highest BCUT2D eigenvalue weighted by atomic mass is 16.3. The Balaban J connectivity index is 1.85. The largest absolute Gasteiger partial charge is 0.396 e. The zero-order valence-corrected chi connectivity index (χ0v) is 12.8. The lowest BCUT2D eigenvalue weighted by Crippen LogP contribution is -2.45. The van der Waals surface area contributed by atoms with Crippen molar-refractivity contribution in [2.75, 3.05) is 13.7 Å². The van der Waals surface area contributed by atoms with Crippen molar-refractivity contribution in [2.45, 2.75) is 44.7 Å². The van der Waals surface area contributed by atoms with Gasteiger partial charge in [-0.15, -0.1) is 0 Å². The number of carbonyl (C=O) groups is 1. The Hall–Kier alpha value is -1.62. The third-order valence-corrected chi connectivity index (χ3v) is 4.49. The SMILES string of the molecule is CC(NC(=O)N(C)C1CCC(CO)CC1)c1ccncc1. The molecule has 1 atom stereocenters. The fourth-order valence-electron chi connectivity index (χ4n) is 2.90. The van der Waals surface area contributed by atoms with Gasteiger partial charge in [-0.3, -0.25) is 4.98 Å². The molecule has 1 aliphatic carbocycles. The summed E-state index contributed by atoms with van der Waals surface area (Å²) in [7, 11) is 1.86. The van der Waals surface area contributed by atoms with E-state index in [2.05, 4.69) is 10.3 Å². The highest BCUT2D eigenvalue weighted by Crippen LogP contribution is 2.26. The molecule has 1 fully saturated rings. The second-order valence-corrected chi connectivity index (χ2v) is 5.92. The van der Waals surface area contributed by atoms with E-state index in [9.17, 15) is 9.90 Å². The van der Waals surface area contributed by atoms with Crippen LogP contribution >= 0.6 is 0 Å². The molecule has 1 aromatic rings. The minimum Gasteiger partial charge on any atom is -0.396 e. The smallest absolute Gasteiger partial charge is 0.317 e. The molecule has 2 amide bonds. The molecule has 1 saturated carbocycles. The van der Waals surface area contributed by atoms with Crippen LogP contribution in [-0.4, -0.2) is 40.7 Å². The highest BCUT2D eigenvalue weighted by molar-refractivity contribution is 5.74. The molecule has 0 aromatic carbocycles. The minimum atomic E-state index is -0.0354. The van der Waals surface area contributed by atoms with Crippen molar-refractivity contribution in [1.29, 1.82) is 0 Å². The molecule has 2 N–H and O–H groups in total. The number of aliphatic hydroxyl groups excluding tert-OH is 1. The Kier molecular flexibility index (Phi) is 5.56. The molecular formula is C16H25N3O2. The van der Waals surface area contributed by atoms with Crippen LogP contribution in [0, 0.1) is 5.92 Å². The number of aliphatic hydroxyl groups is 1. The van der Waals surface area contributed by atoms with Gasteiger partial charge >= 0.3 is 6.03 Å². The number of nitrogens with zero attached hydrogens (tertiary/aromatic N) is 2. The quantitative estimate of drug-likeness (QED) is 0.895. The molecule has 1 aromatic heterocycles. The fraction of sp³-hybridized carbons (Fsp3) is 0.625.